The van der Waals surface area contributed by atoms with Crippen molar-refractivity contribution >= 4 is 17.2 Å². The molecule has 6 heteroatoms. The van der Waals surface area contributed by atoms with Crippen molar-refractivity contribution in [1.82, 2.24) is 10.3 Å². The van der Waals surface area contributed by atoms with Gasteiger partial charge in [-0.05, 0) is 12.1 Å². The molecule has 0 bridgehead atoms. The number of thiazole rings is 1. The summed E-state index contributed by atoms with van der Waals surface area (Å²) in [4.78, 5) is 15.7. The Kier molecular flexibility index (Phi) is 3.99. The lowest BCUT2D eigenvalue weighted by molar-refractivity contribution is 0.0949. The molecule has 18 heavy (non-hydrogen) atoms. The van der Waals surface area contributed by atoms with E-state index in [1.807, 2.05) is 5.38 Å². The first-order chi connectivity index (χ1) is 8.68. The lowest BCUT2D eigenvalue weighted by atomic mass is 10.2. The minimum Gasteiger partial charge on any atom is -0.352 e. The average Bonchev–Trinajstić information content (AvgIpc) is 2.85. The maximum Gasteiger partial charge on any atom is 0.254 e. The minimum absolute atomic E-state index is 0.284. The van der Waals surface area contributed by atoms with Crippen molar-refractivity contribution in [1.29, 1.82) is 0 Å². The van der Waals surface area contributed by atoms with Crippen LogP contribution in [-0.2, 0) is 6.42 Å². The predicted octanol–water partition coefficient (Wildman–Crippen LogP) is 2.39. The first-order valence-electron chi connectivity index (χ1n) is 5.28. The lowest BCUT2D eigenvalue weighted by Gasteiger charge is -2.05. The topological polar surface area (TPSA) is 42.0 Å². The van der Waals surface area contributed by atoms with E-state index in [9.17, 15) is 13.6 Å². The summed E-state index contributed by atoms with van der Waals surface area (Å²) in [5, 5.41) is 4.39. The first-order valence-corrected chi connectivity index (χ1v) is 6.22. The Bertz CT molecular complexity index is 543. The largest absolute Gasteiger partial charge is 0.352 e. The van der Waals surface area contributed by atoms with E-state index in [0.717, 1.165) is 11.8 Å². The molecule has 2 rings (SSSR count). The van der Waals surface area contributed by atoms with Gasteiger partial charge in [0.25, 0.3) is 5.91 Å². The van der Waals surface area contributed by atoms with Gasteiger partial charge in [0.15, 0.2) is 11.6 Å². The van der Waals surface area contributed by atoms with Crippen LogP contribution in [0.25, 0.3) is 0 Å². The second kappa shape index (κ2) is 5.68. The zero-order valence-electron chi connectivity index (χ0n) is 9.32. The molecule has 0 aliphatic heterocycles. The van der Waals surface area contributed by atoms with E-state index >= 15 is 0 Å². The standard InChI is InChI=1S/C12H10F2N2OS/c13-10-3-1-2-9(11(10)14)12(17)15-5-4-8-6-18-7-16-8/h1-3,6-7H,4-5H2,(H,15,17). The quantitative estimate of drug-likeness (QED) is 0.925. The van der Waals surface area contributed by atoms with Gasteiger partial charge < -0.3 is 5.32 Å². The van der Waals surface area contributed by atoms with Crippen molar-refractivity contribution in [3.63, 3.8) is 0 Å². The molecule has 0 saturated heterocycles. The molecule has 94 valence electrons. The molecule has 0 atom stereocenters. The fraction of sp³-hybridized carbons (Fsp3) is 0.167. The molecule has 3 nitrogen and oxygen atoms in total. The van der Waals surface area contributed by atoms with E-state index in [0.29, 0.717) is 13.0 Å². The number of hydrogen-bond acceptors (Lipinski definition) is 3. The number of halogens is 2. The highest BCUT2D eigenvalue weighted by Gasteiger charge is 2.14. The Morgan fingerprint density at radius 2 is 2.22 bits per heavy atom. The Morgan fingerprint density at radius 1 is 1.39 bits per heavy atom. The van der Waals surface area contributed by atoms with E-state index in [-0.39, 0.29) is 5.56 Å². The zero-order chi connectivity index (χ0) is 13.0. The number of aromatic nitrogens is 1. The number of rotatable bonds is 4. The van der Waals surface area contributed by atoms with Crippen molar-refractivity contribution in [2.75, 3.05) is 6.54 Å². The Hall–Kier alpha value is -1.82. The molecular formula is C12H10F2N2OS. The molecule has 0 unspecified atom stereocenters. The second-order valence-corrected chi connectivity index (χ2v) is 4.31. The van der Waals surface area contributed by atoms with Gasteiger partial charge in [0, 0.05) is 18.3 Å². The summed E-state index contributed by atoms with van der Waals surface area (Å²) in [6.07, 6.45) is 0.562. The van der Waals surface area contributed by atoms with Crippen LogP contribution in [0.5, 0.6) is 0 Å². The molecular weight excluding hydrogens is 258 g/mol. The smallest absolute Gasteiger partial charge is 0.254 e. The van der Waals surface area contributed by atoms with Crippen LogP contribution >= 0.6 is 11.3 Å². The summed E-state index contributed by atoms with van der Waals surface area (Å²) in [5.74, 6) is -2.77. The van der Waals surface area contributed by atoms with Gasteiger partial charge in [-0.1, -0.05) is 6.07 Å². The Balaban J connectivity index is 1.93. The number of amides is 1. The maximum atomic E-state index is 13.3. The van der Waals surface area contributed by atoms with Gasteiger partial charge in [0.05, 0.1) is 16.8 Å². The van der Waals surface area contributed by atoms with Crippen molar-refractivity contribution < 1.29 is 13.6 Å². The maximum absolute atomic E-state index is 13.3. The molecule has 1 heterocycles. The SMILES string of the molecule is O=C(NCCc1cscn1)c1cccc(F)c1F. The van der Waals surface area contributed by atoms with E-state index in [2.05, 4.69) is 10.3 Å². The monoisotopic (exact) mass is 268 g/mol. The summed E-state index contributed by atoms with van der Waals surface area (Å²) < 4.78 is 26.2. The molecule has 1 amide bonds. The van der Waals surface area contributed by atoms with Crippen molar-refractivity contribution in [2.45, 2.75) is 6.42 Å². The van der Waals surface area contributed by atoms with Crippen LogP contribution < -0.4 is 5.32 Å². The van der Waals surface area contributed by atoms with Gasteiger partial charge in [-0.25, -0.2) is 13.8 Å². The second-order valence-electron chi connectivity index (χ2n) is 3.59. The molecule has 1 aromatic heterocycles. The van der Waals surface area contributed by atoms with E-state index in [1.165, 1.54) is 23.5 Å². The average molecular weight is 268 g/mol. The highest BCUT2D eigenvalue weighted by Crippen LogP contribution is 2.11. The highest BCUT2D eigenvalue weighted by atomic mass is 32.1. The van der Waals surface area contributed by atoms with Gasteiger partial charge in [-0.2, -0.15) is 0 Å². The summed E-state index contributed by atoms with van der Waals surface area (Å²) in [7, 11) is 0. The third-order valence-electron chi connectivity index (χ3n) is 2.35. The van der Waals surface area contributed by atoms with Gasteiger partial charge >= 0.3 is 0 Å². The number of hydrogen-bond donors (Lipinski definition) is 1. The fourth-order valence-corrected chi connectivity index (χ4v) is 2.03. The summed E-state index contributed by atoms with van der Waals surface area (Å²) in [6.45, 7) is 0.332. The Morgan fingerprint density at radius 3 is 2.94 bits per heavy atom. The van der Waals surface area contributed by atoms with Crippen LogP contribution in [0.4, 0.5) is 8.78 Å². The van der Waals surface area contributed by atoms with Gasteiger partial charge in [-0.15, -0.1) is 11.3 Å². The summed E-state index contributed by atoms with van der Waals surface area (Å²) >= 11 is 1.47. The van der Waals surface area contributed by atoms with Crippen LogP contribution in [0.3, 0.4) is 0 Å². The number of carbonyl (C=O) groups excluding carboxylic acids is 1. The molecule has 0 fully saturated rings. The molecule has 0 spiro atoms. The minimum atomic E-state index is -1.12. The van der Waals surface area contributed by atoms with Gasteiger partial charge in [0.2, 0.25) is 0 Å². The normalized spacial score (nSPS) is 10.3. The van der Waals surface area contributed by atoms with Crippen LogP contribution in [0.1, 0.15) is 16.1 Å². The number of carbonyl (C=O) groups is 1. The van der Waals surface area contributed by atoms with Crippen LogP contribution in [0, 0.1) is 11.6 Å². The number of nitrogens with zero attached hydrogens (tertiary/aromatic N) is 1. The fourth-order valence-electron chi connectivity index (χ4n) is 1.44. The molecule has 1 N–H and O–H groups in total. The van der Waals surface area contributed by atoms with Crippen molar-refractivity contribution in [2.24, 2.45) is 0 Å². The molecule has 2 aromatic rings. The molecule has 0 aliphatic carbocycles. The number of benzene rings is 1. The predicted molar refractivity (Wildman–Crippen MR) is 64.5 cm³/mol. The lowest BCUT2D eigenvalue weighted by Crippen LogP contribution is -2.26. The summed E-state index contributed by atoms with van der Waals surface area (Å²) in [6, 6.07) is 3.52. The Labute approximate surface area is 106 Å². The van der Waals surface area contributed by atoms with Crippen LogP contribution in [0.15, 0.2) is 29.1 Å². The molecule has 0 aliphatic rings. The molecule has 0 radical (unpaired) electrons. The highest BCUT2D eigenvalue weighted by molar-refractivity contribution is 7.07. The van der Waals surface area contributed by atoms with Crippen molar-refractivity contribution in [3.05, 3.63) is 52.0 Å². The zero-order valence-corrected chi connectivity index (χ0v) is 10.1. The third kappa shape index (κ3) is 2.89. The molecule has 1 aromatic carbocycles. The van der Waals surface area contributed by atoms with E-state index < -0.39 is 17.5 Å². The van der Waals surface area contributed by atoms with E-state index in [1.54, 1.807) is 5.51 Å². The van der Waals surface area contributed by atoms with Gasteiger partial charge in [0.1, 0.15) is 0 Å². The third-order valence-corrected chi connectivity index (χ3v) is 2.98. The van der Waals surface area contributed by atoms with Crippen LogP contribution in [0.2, 0.25) is 0 Å². The van der Waals surface area contributed by atoms with Crippen LogP contribution in [-0.4, -0.2) is 17.4 Å². The summed E-state index contributed by atoms with van der Waals surface area (Å²) in [5.41, 5.74) is 2.27. The van der Waals surface area contributed by atoms with Gasteiger partial charge in [-0.3, -0.25) is 4.79 Å². The van der Waals surface area contributed by atoms with Crippen molar-refractivity contribution in [3.8, 4) is 0 Å². The van der Waals surface area contributed by atoms with E-state index in [4.69, 9.17) is 0 Å². The number of nitrogens with one attached hydrogen (secondary N) is 1. The molecule has 0 saturated carbocycles. The first kappa shape index (κ1) is 12.6.